The maximum Gasteiger partial charge on any atom is 0.278 e. The summed E-state index contributed by atoms with van der Waals surface area (Å²) >= 11 is 1.35. The van der Waals surface area contributed by atoms with Crippen LogP contribution in [0.4, 0.5) is 0 Å². The van der Waals surface area contributed by atoms with Crippen LogP contribution in [0, 0.1) is 6.92 Å². The Balaban J connectivity index is 1.83. The van der Waals surface area contributed by atoms with E-state index >= 15 is 0 Å². The van der Waals surface area contributed by atoms with Crippen molar-refractivity contribution in [2.45, 2.75) is 70.1 Å². The monoisotopic (exact) mass is 362 g/mol. The second kappa shape index (κ2) is 7.64. The highest BCUT2D eigenvalue weighted by molar-refractivity contribution is 7.99. The number of nitrogens with one attached hydrogen (secondary N) is 2. The molecule has 7 heteroatoms. The molecule has 1 amide bonds. The van der Waals surface area contributed by atoms with Crippen LogP contribution >= 0.6 is 11.8 Å². The second-order valence-corrected chi connectivity index (χ2v) is 7.82. The molecule has 2 aromatic rings. The van der Waals surface area contributed by atoms with Crippen molar-refractivity contribution < 1.29 is 4.79 Å². The maximum absolute atomic E-state index is 12.9. The highest BCUT2D eigenvalue weighted by Crippen LogP contribution is 2.23. The Bertz CT molecular complexity index is 820. The Kier molecular flexibility index (Phi) is 5.51. The minimum absolute atomic E-state index is 0.0206. The molecule has 1 atom stereocenters. The summed E-state index contributed by atoms with van der Waals surface area (Å²) < 4.78 is 1.71. The van der Waals surface area contributed by atoms with Crippen molar-refractivity contribution in [2.75, 3.05) is 5.75 Å². The number of aromatic amines is 1. The fourth-order valence-corrected chi connectivity index (χ4v) is 4.24. The fraction of sp³-hybridized carbons (Fsp3) is 0.611. The van der Waals surface area contributed by atoms with Gasteiger partial charge < -0.3 is 10.3 Å². The fourth-order valence-electron chi connectivity index (χ4n) is 3.33. The van der Waals surface area contributed by atoms with Gasteiger partial charge in [0.15, 0.2) is 5.16 Å². The van der Waals surface area contributed by atoms with Gasteiger partial charge in [-0.15, -0.1) is 0 Å². The van der Waals surface area contributed by atoms with E-state index in [-0.39, 0.29) is 23.3 Å². The van der Waals surface area contributed by atoms with Crippen molar-refractivity contribution in [1.29, 1.82) is 0 Å². The zero-order chi connectivity index (χ0) is 18.0. The average molecular weight is 362 g/mol. The van der Waals surface area contributed by atoms with Crippen molar-refractivity contribution in [3.63, 3.8) is 0 Å². The van der Waals surface area contributed by atoms with Gasteiger partial charge in [-0.25, -0.2) is 4.98 Å². The zero-order valence-electron chi connectivity index (χ0n) is 15.1. The largest absolute Gasteiger partial charge is 0.353 e. The third-order valence-electron chi connectivity index (χ3n) is 4.87. The van der Waals surface area contributed by atoms with E-state index in [1.807, 2.05) is 26.8 Å². The summed E-state index contributed by atoms with van der Waals surface area (Å²) in [6.07, 6.45) is 5.35. The summed E-state index contributed by atoms with van der Waals surface area (Å²) in [6, 6.07) is 2.22. The average Bonchev–Trinajstić information content (AvgIpc) is 3.21. The number of aryl methyl sites for hydroxylation is 1. The van der Waals surface area contributed by atoms with Gasteiger partial charge in [0.05, 0.1) is 11.3 Å². The lowest BCUT2D eigenvalue weighted by molar-refractivity contribution is -0.119. The van der Waals surface area contributed by atoms with Crippen molar-refractivity contribution in [1.82, 2.24) is 19.9 Å². The lowest BCUT2D eigenvalue weighted by atomic mass is 10.2. The first-order valence-corrected chi connectivity index (χ1v) is 10.0. The third kappa shape index (κ3) is 3.92. The van der Waals surface area contributed by atoms with E-state index in [4.69, 9.17) is 0 Å². The molecular weight excluding hydrogens is 336 g/mol. The molecular formula is C18H26N4O2S. The Morgan fingerprint density at radius 1 is 1.48 bits per heavy atom. The summed E-state index contributed by atoms with van der Waals surface area (Å²) in [5.41, 5.74) is 2.06. The molecule has 0 unspecified atom stereocenters. The highest BCUT2D eigenvalue weighted by atomic mass is 32.2. The molecule has 1 aliphatic carbocycles. The highest BCUT2D eigenvalue weighted by Gasteiger charge is 2.20. The molecule has 0 aliphatic heterocycles. The van der Waals surface area contributed by atoms with Crippen molar-refractivity contribution >= 4 is 28.7 Å². The van der Waals surface area contributed by atoms with Crippen LogP contribution < -0.4 is 10.9 Å². The molecule has 0 bridgehead atoms. The maximum atomic E-state index is 12.9. The minimum Gasteiger partial charge on any atom is -0.353 e. The summed E-state index contributed by atoms with van der Waals surface area (Å²) in [4.78, 5) is 32.8. The van der Waals surface area contributed by atoms with Crippen LogP contribution in [0.15, 0.2) is 16.0 Å². The van der Waals surface area contributed by atoms with Crippen LogP contribution in [0.5, 0.6) is 0 Å². The van der Waals surface area contributed by atoms with E-state index in [9.17, 15) is 9.59 Å². The number of rotatable bonds is 6. The van der Waals surface area contributed by atoms with Gasteiger partial charge in [-0.2, -0.15) is 0 Å². The van der Waals surface area contributed by atoms with Gasteiger partial charge in [0.1, 0.15) is 5.52 Å². The summed E-state index contributed by atoms with van der Waals surface area (Å²) in [7, 11) is 0. The van der Waals surface area contributed by atoms with E-state index in [1.165, 1.54) is 24.6 Å². The normalized spacial score (nSPS) is 16.4. The van der Waals surface area contributed by atoms with Crippen LogP contribution in [0.3, 0.4) is 0 Å². The number of carbonyl (C=O) groups is 1. The summed E-state index contributed by atoms with van der Waals surface area (Å²) in [5.74, 6) is 0.307. The SMILES string of the molecule is CC[C@H](C)n1c(SCC(=O)NC2CCCC2)nc2cc(C)[nH]c2c1=O. The quantitative estimate of drug-likeness (QED) is 0.611. The molecule has 1 fully saturated rings. The summed E-state index contributed by atoms with van der Waals surface area (Å²) in [5, 5.41) is 3.70. The number of carbonyl (C=O) groups excluding carboxylic acids is 1. The van der Waals surface area contributed by atoms with E-state index in [0.29, 0.717) is 22.2 Å². The summed E-state index contributed by atoms with van der Waals surface area (Å²) in [6.45, 7) is 5.96. The Hall–Kier alpha value is -1.76. The predicted molar refractivity (Wildman–Crippen MR) is 101 cm³/mol. The van der Waals surface area contributed by atoms with E-state index in [1.54, 1.807) is 4.57 Å². The molecule has 25 heavy (non-hydrogen) atoms. The van der Waals surface area contributed by atoms with Gasteiger partial charge in [-0.1, -0.05) is 31.5 Å². The molecule has 0 spiro atoms. The lowest BCUT2D eigenvalue weighted by Gasteiger charge is -2.17. The van der Waals surface area contributed by atoms with E-state index in [2.05, 4.69) is 15.3 Å². The molecule has 0 saturated heterocycles. The molecule has 2 N–H and O–H groups in total. The Morgan fingerprint density at radius 3 is 2.88 bits per heavy atom. The number of fused-ring (bicyclic) bond motifs is 1. The zero-order valence-corrected chi connectivity index (χ0v) is 15.9. The van der Waals surface area contributed by atoms with Gasteiger partial charge in [-0.3, -0.25) is 14.2 Å². The van der Waals surface area contributed by atoms with Gasteiger partial charge in [0.2, 0.25) is 5.91 Å². The molecule has 0 aromatic carbocycles. The number of aromatic nitrogens is 3. The number of hydrogen-bond donors (Lipinski definition) is 2. The predicted octanol–water partition coefficient (Wildman–Crippen LogP) is 3.15. The van der Waals surface area contributed by atoms with Crippen LogP contribution in [0.1, 0.15) is 57.7 Å². The van der Waals surface area contributed by atoms with Gasteiger partial charge >= 0.3 is 0 Å². The molecule has 2 heterocycles. The standard InChI is InChI=1S/C18H26N4O2S/c1-4-12(3)22-17(24)16-14(9-11(2)19-16)21-18(22)25-10-15(23)20-13-7-5-6-8-13/h9,12-13,19H,4-8,10H2,1-3H3,(H,20,23)/t12-/m0/s1. The third-order valence-corrected chi connectivity index (χ3v) is 5.82. The number of amides is 1. The lowest BCUT2D eigenvalue weighted by Crippen LogP contribution is -2.34. The van der Waals surface area contributed by atoms with Gasteiger partial charge in [0.25, 0.3) is 5.56 Å². The Morgan fingerprint density at radius 2 is 2.20 bits per heavy atom. The smallest absolute Gasteiger partial charge is 0.278 e. The van der Waals surface area contributed by atoms with Crippen molar-refractivity contribution in [2.24, 2.45) is 0 Å². The van der Waals surface area contributed by atoms with Crippen LogP contribution in [0.2, 0.25) is 0 Å². The first-order valence-electron chi connectivity index (χ1n) is 9.03. The molecule has 1 saturated carbocycles. The number of H-pyrrole nitrogens is 1. The van der Waals surface area contributed by atoms with Crippen LogP contribution in [0.25, 0.3) is 11.0 Å². The molecule has 136 valence electrons. The number of nitrogens with zero attached hydrogens (tertiary/aromatic N) is 2. The second-order valence-electron chi connectivity index (χ2n) is 6.88. The van der Waals surface area contributed by atoms with E-state index < -0.39 is 0 Å². The molecule has 3 rings (SSSR count). The number of hydrogen-bond acceptors (Lipinski definition) is 4. The van der Waals surface area contributed by atoms with Crippen molar-refractivity contribution in [3.05, 3.63) is 22.1 Å². The first kappa shape index (κ1) is 18.0. The molecule has 2 aromatic heterocycles. The van der Waals surface area contributed by atoms with Crippen LogP contribution in [-0.2, 0) is 4.79 Å². The first-order chi connectivity index (χ1) is 12.0. The molecule has 6 nitrogen and oxygen atoms in total. The van der Waals surface area contributed by atoms with Gasteiger partial charge in [-0.05, 0) is 39.2 Å². The van der Waals surface area contributed by atoms with E-state index in [0.717, 1.165) is 25.0 Å². The number of thioether (sulfide) groups is 1. The van der Waals surface area contributed by atoms with Gasteiger partial charge in [0, 0.05) is 17.8 Å². The van der Waals surface area contributed by atoms with Crippen molar-refractivity contribution in [3.8, 4) is 0 Å². The van der Waals surface area contributed by atoms with Crippen LogP contribution in [-0.4, -0.2) is 32.2 Å². The Labute approximate surface area is 151 Å². The topological polar surface area (TPSA) is 79.8 Å². The minimum atomic E-state index is -0.0637. The molecule has 1 aliphatic rings. The molecule has 0 radical (unpaired) electrons.